The van der Waals surface area contributed by atoms with Gasteiger partial charge in [0.25, 0.3) is 0 Å². The summed E-state index contributed by atoms with van der Waals surface area (Å²) in [5, 5.41) is 4.08. The summed E-state index contributed by atoms with van der Waals surface area (Å²) in [4.78, 5) is 0. The minimum atomic E-state index is 0.910. The Bertz CT molecular complexity index is 205. The molecule has 1 heterocycles. The van der Waals surface area contributed by atoms with E-state index in [0.29, 0.717) is 0 Å². The second kappa shape index (κ2) is 2.52. The average Bonchev–Trinajstić information content (AvgIpc) is 2.10. The number of nitrogens with zero attached hydrogens (tertiary/aromatic N) is 2. The number of aromatic nitrogens is 2. The van der Waals surface area contributed by atoms with Crippen molar-refractivity contribution in [3.05, 3.63) is 22.8 Å². The van der Waals surface area contributed by atoms with E-state index >= 15 is 0 Å². The van der Waals surface area contributed by atoms with E-state index < -0.39 is 0 Å². The van der Waals surface area contributed by atoms with Crippen molar-refractivity contribution in [3.8, 4) is 0 Å². The highest BCUT2D eigenvalue weighted by Gasteiger charge is 1.99. The first-order chi connectivity index (χ1) is 4.24. The van der Waals surface area contributed by atoms with Crippen LogP contribution in [0.4, 0.5) is 0 Å². The van der Waals surface area contributed by atoms with E-state index in [0.717, 1.165) is 10.2 Å². The molecule has 3 heteroatoms. The lowest BCUT2D eigenvalue weighted by Crippen LogP contribution is -1.84. The van der Waals surface area contributed by atoms with Crippen LogP contribution in [0.5, 0.6) is 0 Å². The highest BCUT2D eigenvalue weighted by molar-refractivity contribution is 9.10. The summed E-state index contributed by atoms with van der Waals surface area (Å²) in [7, 11) is 1.90. The molecule has 0 aliphatic heterocycles. The van der Waals surface area contributed by atoms with E-state index in [4.69, 9.17) is 0 Å². The normalized spacial score (nSPS) is 10.1. The van der Waals surface area contributed by atoms with Crippen molar-refractivity contribution < 1.29 is 0 Å². The summed E-state index contributed by atoms with van der Waals surface area (Å²) in [6, 6.07) is 0. The Labute approximate surface area is 63.0 Å². The fourth-order valence-electron chi connectivity index (χ4n) is 0.673. The predicted octanol–water partition coefficient (Wildman–Crippen LogP) is 1.75. The summed E-state index contributed by atoms with van der Waals surface area (Å²) in [6.07, 6.45) is 3.97. The van der Waals surface area contributed by atoms with Gasteiger partial charge in [-0.15, -0.1) is 0 Å². The fourth-order valence-corrected chi connectivity index (χ4v) is 1.25. The summed E-state index contributed by atoms with van der Waals surface area (Å²) in [5.74, 6) is 0. The molecule has 0 bridgehead atoms. The molecule has 0 unspecified atom stereocenters. The van der Waals surface area contributed by atoms with Gasteiger partial charge >= 0.3 is 0 Å². The van der Waals surface area contributed by atoms with E-state index in [1.165, 1.54) is 0 Å². The number of hydrogen-bond acceptors (Lipinski definition) is 1. The van der Waals surface area contributed by atoms with Crippen molar-refractivity contribution >= 4 is 15.9 Å². The number of hydrogen-bond donors (Lipinski definition) is 0. The zero-order valence-electron chi connectivity index (χ0n) is 5.43. The first-order valence-electron chi connectivity index (χ1n) is 2.72. The van der Waals surface area contributed by atoms with Gasteiger partial charge in [0.2, 0.25) is 0 Å². The first-order valence-corrected chi connectivity index (χ1v) is 3.52. The third kappa shape index (κ3) is 1.33. The van der Waals surface area contributed by atoms with Crippen molar-refractivity contribution in [3.63, 3.8) is 0 Å². The van der Waals surface area contributed by atoms with Crippen LogP contribution in [0.25, 0.3) is 0 Å². The van der Waals surface area contributed by atoms with Crippen LogP contribution >= 0.6 is 15.9 Å². The Kier molecular flexibility index (Phi) is 1.90. The maximum Gasteiger partial charge on any atom is 0.131 e. The van der Waals surface area contributed by atoms with Crippen molar-refractivity contribution in [2.45, 2.75) is 6.92 Å². The van der Waals surface area contributed by atoms with E-state index in [1.807, 2.05) is 26.6 Å². The Morgan fingerprint density at radius 3 is 2.67 bits per heavy atom. The Balaban J connectivity index is 3.01. The van der Waals surface area contributed by atoms with Crippen LogP contribution in [0.1, 0.15) is 12.5 Å². The van der Waals surface area contributed by atoms with Gasteiger partial charge in [-0.2, -0.15) is 5.10 Å². The van der Waals surface area contributed by atoms with E-state index in [2.05, 4.69) is 21.0 Å². The molecule has 1 aromatic rings. The molecule has 1 radical (unpaired) electrons. The van der Waals surface area contributed by atoms with Crippen LogP contribution in [0.2, 0.25) is 0 Å². The van der Waals surface area contributed by atoms with Crippen LogP contribution in [-0.4, -0.2) is 9.78 Å². The van der Waals surface area contributed by atoms with Crippen LogP contribution in [-0.2, 0) is 7.05 Å². The molecular formula is C6H8BrN2. The highest BCUT2D eigenvalue weighted by atomic mass is 79.9. The smallest absolute Gasteiger partial charge is 0.131 e. The molecule has 49 valence electrons. The van der Waals surface area contributed by atoms with E-state index in [1.54, 1.807) is 4.68 Å². The molecule has 0 fully saturated rings. The van der Waals surface area contributed by atoms with Gasteiger partial charge in [-0.05, 0) is 22.4 Å². The summed E-state index contributed by atoms with van der Waals surface area (Å²) in [6.45, 7) is 1.99. The van der Waals surface area contributed by atoms with Gasteiger partial charge in [0.1, 0.15) is 4.60 Å². The van der Waals surface area contributed by atoms with Gasteiger partial charge in [-0.1, -0.05) is 6.92 Å². The molecule has 0 spiro atoms. The summed E-state index contributed by atoms with van der Waals surface area (Å²) >= 11 is 3.31. The predicted molar refractivity (Wildman–Crippen MR) is 40.0 cm³/mol. The standard InChI is InChI=1S/C6H8BrN2/c1-3-5-4-9(2)8-6(5)7/h3-4H,1-2H3. The topological polar surface area (TPSA) is 17.8 Å². The maximum atomic E-state index is 4.08. The molecule has 0 amide bonds. The zero-order valence-corrected chi connectivity index (χ0v) is 7.01. The van der Waals surface area contributed by atoms with Crippen molar-refractivity contribution in [2.24, 2.45) is 7.05 Å². The zero-order chi connectivity index (χ0) is 6.85. The minimum absolute atomic E-state index is 0.910. The average molecular weight is 188 g/mol. The second-order valence-corrected chi connectivity index (χ2v) is 2.59. The third-order valence-electron chi connectivity index (χ3n) is 1.12. The monoisotopic (exact) mass is 187 g/mol. The number of halogens is 1. The molecule has 0 aliphatic carbocycles. The molecule has 0 N–H and O–H groups in total. The minimum Gasteiger partial charge on any atom is -0.274 e. The van der Waals surface area contributed by atoms with Crippen LogP contribution in [0.3, 0.4) is 0 Å². The lowest BCUT2D eigenvalue weighted by molar-refractivity contribution is 0.760. The van der Waals surface area contributed by atoms with Crippen LogP contribution in [0.15, 0.2) is 10.8 Å². The maximum absolute atomic E-state index is 4.08. The van der Waals surface area contributed by atoms with Crippen LogP contribution in [0, 0.1) is 6.42 Å². The largest absolute Gasteiger partial charge is 0.274 e. The Hall–Kier alpha value is -0.310. The lowest BCUT2D eigenvalue weighted by Gasteiger charge is -1.83. The van der Waals surface area contributed by atoms with Gasteiger partial charge in [-0.25, -0.2) is 0 Å². The van der Waals surface area contributed by atoms with E-state index in [9.17, 15) is 0 Å². The van der Waals surface area contributed by atoms with Gasteiger partial charge in [0, 0.05) is 18.8 Å². The molecule has 0 saturated heterocycles. The van der Waals surface area contributed by atoms with Gasteiger partial charge in [0.15, 0.2) is 0 Å². The fraction of sp³-hybridized carbons (Fsp3) is 0.333. The van der Waals surface area contributed by atoms with Crippen molar-refractivity contribution in [1.82, 2.24) is 9.78 Å². The van der Waals surface area contributed by atoms with Crippen molar-refractivity contribution in [2.75, 3.05) is 0 Å². The van der Waals surface area contributed by atoms with Gasteiger partial charge < -0.3 is 0 Å². The molecule has 0 atom stereocenters. The molecule has 0 aromatic carbocycles. The highest BCUT2D eigenvalue weighted by Crippen LogP contribution is 2.14. The lowest BCUT2D eigenvalue weighted by atomic mass is 10.3. The molecule has 0 saturated carbocycles. The molecule has 2 nitrogen and oxygen atoms in total. The molecule has 9 heavy (non-hydrogen) atoms. The van der Waals surface area contributed by atoms with Gasteiger partial charge in [-0.3, -0.25) is 4.68 Å². The molecular weight excluding hydrogens is 180 g/mol. The summed E-state index contributed by atoms with van der Waals surface area (Å²) in [5.41, 5.74) is 1.14. The Morgan fingerprint density at radius 1 is 1.78 bits per heavy atom. The first kappa shape index (κ1) is 6.81. The van der Waals surface area contributed by atoms with Gasteiger partial charge in [0.05, 0.1) is 0 Å². The molecule has 0 aliphatic rings. The Morgan fingerprint density at radius 2 is 2.44 bits per heavy atom. The van der Waals surface area contributed by atoms with Crippen LogP contribution < -0.4 is 0 Å². The molecule has 1 aromatic heterocycles. The number of aryl methyl sites for hydroxylation is 1. The van der Waals surface area contributed by atoms with E-state index in [-0.39, 0.29) is 0 Å². The molecule has 1 rings (SSSR count). The quantitative estimate of drug-likeness (QED) is 0.656. The SMILES string of the molecule is C[CH]c1cn(C)nc1Br. The number of rotatable bonds is 1. The summed E-state index contributed by atoms with van der Waals surface area (Å²) < 4.78 is 2.69. The second-order valence-electron chi connectivity index (χ2n) is 1.84. The van der Waals surface area contributed by atoms with Crippen molar-refractivity contribution in [1.29, 1.82) is 0 Å². The third-order valence-corrected chi connectivity index (χ3v) is 1.74.